The molecule has 19 heavy (non-hydrogen) atoms. The maximum Gasteiger partial charge on any atom is 0.258 e. The molecule has 0 fully saturated rings. The maximum absolute atomic E-state index is 13.6. The van der Waals surface area contributed by atoms with Crippen molar-refractivity contribution < 1.29 is 18.0 Å². The number of nitrogens with one attached hydrogen (secondary N) is 1. The van der Waals surface area contributed by atoms with E-state index in [9.17, 15) is 18.0 Å². The van der Waals surface area contributed by atoms with Gasteiger partial charge in [-0.1, -0.05) is 18.2 Å². The van der Waals surface area contributed by atoms with Crippen molar-refractivity contribution in [3.63, 3.8) is 0 Å². The first-order valence-electron chi connectivity index (χ1n) is 5.51. The van der Waals surface area contributed by atoms with Crippen LogP contribution >= 0.6 is 0 Å². The standard InChI is InChI=1S/C14H10F3NO/c1-8-6-7-9(13(17)12(8)16)14(19)18-11-5-3-2-4-10(11)15/h2-7H,1H3,(H,18,19). The zero-order valence-corrected chi connectivity index (χ0v) is 10.0. The van der Waals surface area contributed by atoms with Gasteiger partial charge in [0.2, 0.25) is 0 Å². The molecule has 0 aliphatic rings. The highest BCUT2D eigenvalue weighted by Gasteiger charge is 2.17. The summed E-state index contributed by atoms with van der Waals surface area (Å²) in [6, 6.07) is 7.90. The summed E-state index contributed by atoms with van der Waals surface area (Å²) in [6.07, 6.45) is 0. The van der Waals surface area contributed by atoms with E-state index in [2.05, 4.69) is 5.32 Å². The molecule has 5 heteroatoms. The topological polar surface area (TPSA) is 29.1 Å². The quantitative estimate of drug-likeness (QED) is 0.882. The molecule has 1 N–H and O–H groups in total. The summed E-state index contributed by atoms with van der Waals surface area (Å²) in [4.78, 5) is 11.8. The minimum absolute atomic E-state index is 0.0899. The molecule has 0 aliphatic heterocycles. The molecule has 2 aromatic carbocycles. The van der Waals surface area contributed by atoms with Crippen molar-refractivity contribution in [1.29, 1.82) is 0 Å². The summed E-state index contributed by atoms with van der Waals surface area (Å²) >= 11 is 0. The van der Waals surface area contributed by atoms with Gasteiger partial charge in [-0.2, -0.15) is 0 Å². The Labute approximate surface area is 107 Å². The Balaban J connectivity index is 2.31. The molecule has 2 aromatic rings. The van der Waals surface area contributed by atoms with E-state index in [1.54, 1.807) is 0 Å². The number of carbonyl (C=O) groups is 1. The Hall–Kier alpha value is -2.30. The highest BCUT2D eigenvalue weighted by molar-refractivity contribution is 6.04. The average molecular weight is 265 g/mol. The van der Waals surface area contributed by atoms with Crippen LogP contribution in [0.5, 0.6) is 0 Å². The lowest BCUT2D eigenvalue weighted by molar-refractivity contribution is 0.102. The average Bonchev–Trinajstić information content (AvgIpc) is 2.39. The second-order valence-corrected chi connectivity index (χ2v) is 3.99. The van der Waals surface area contributed by atoms with Crippen LogP contribution < -0.4 is 5.32 Å². The van der Waals surface area contributed by atoms with E-state index >= 15 is 0 Å². The Kier molecular flexibility index (Phi) is 3.55. The molecule has 0 unspecified atom stereocenters. The van der Waals surface area contributed by atoms with Crippen LogP contribution in [0.25, 0.3) is 0 Å². The number of aryl methyl sites for hydroxylation is 1. The number of para-hydroxylation sites is 1. The SMILES string of the molecule is Cc1ccc(C(=O)Nc2ccccc2F)c(F)c1F. The van der Waals surface area contributed by atoms with Crippen molar-refractivity contribution in [1.82, 2.24) is 0 Å². The number of carbonyl (C=O) groups excluding carboxylic acids is 1. The van der Waals surface area contributed by atoms with E-state index in [0.29, 0.717) is 0 Å². The maximum atomic E-state index is 13.6. The van der Waals surface area contributed by atoms with Crippen LogP contribution in [0.15, 0.2) is 36.4 Å². The summed E-state index contributed by atoms with van der Waals surface area (Å²) in [6.45, 7) is 1.39. The molecule has 0 saturated carbocycles. The van der Waals surface area contributed by atoms with Gasteiger partial charge in [0.25, 0.3) is 5.91 Å². The fourth-order valence-corrected chi connectivity index (χ4v) is 1.57. The van der Waals surface area contributed by atoms with Crippen molar-refractivity contribution in [2.45, 2.75) is 6.92 Å². The number of hydrogen-bond acceptors (Lipinski definition) is 1. The molecule has 0 aliphatic carbocycles. The van der Waals surface area contributed by atoms with E-state index in [1.807, 2.05) is 0 Å². The normalized spacial score (nSPS) is 10.3. The number of hydrogen-bond donors (Lipinski definition) is 1. The first kappa shape index (κ1) is 13.1. The monoisotopic (exact) mass is 265 g/mol. The summed E-state index contributed by atoms with van der Waals surface area (Å²) in [5.74, 6) is -3.87. The van der Waals surface area contributed by atoms with Gasteiger partial charge >= 0.3 is 0 Å². The van der Waals surface area contributed by atoms with E-state index in [-0.39, 0.29) is 11.3 Å². The van der Waals surface area contributed by atoms with Crippen LogP contribution in [-0.4, -0.2) is 5.91 Å². The Morgan fingerprint density at radius 2 is 1.68 bits per heavy atom. The number of amides is 1. The van der Waals surface area contributed by atoms with Crippen LogP contribution in [0.3, 0.4) is 0 Å². The van der Waals surface area contributed by atoms with Crippen LogP contribution in [0.2, 0.25) is 0 Å². The van der Waals surface area contributed by atoms with E-state index in [4.69, 9.17) is 0 Å². The van der Waals surface area contributed by atoms with Gasteiger partial charge in [-0.05, 0) is 30.7 Å². The van der Waals surface area contributed by atoms with Crippen molar-refractivity contribution in [3.05, 3.63) is 65.0 Å². The Morgan fingerprint density at radius 1 is 1.00 bits per heavy atom. The lowest BCUT2D eigenvalue weighted by Crippen LogP contribution is -2.15. The Morgan fingerprint density at radius 3 is 2.37 bits per heavy atom. The molecule has 98 valence electrons. The van der Waals surface area contributed by atoms with Crippen LogP contribution in [0.4, 0.5) is 18.9 Å². The van der Waals surface area contributed by atoms with Gasteiger partial charge in [0.1, 0.15) is 5.82 Å². The first-order chi connectivity index (χ1) is 9.00. The molecule has 1 amide bonds. The molecule has 0 heterocycles. The smallest absolute Gasteiger partial charge is 0.258 e. The minimum Gasteiger partial charge on any atom is -0.319 e. The number of rotatable bonds is 2. The third-order valence-electron chi connectivity index (χ3n) is 2.64. The lowest BCUT2D eigenvalue weighted by atomic mass is 10.1. The van der Waals surface area contributed by atoms with Gasteiger partial charge in [-0.15, -0.1) is 0 Å². The zero-order valence-electron chi connectivity index (χ0n) is 10.0. The van der Waals surface area contributed by atoms with Crippen molar-refractivity contribution >= 4 is 11.6 Å². The Bertz CT molecular complexity index is 641. The molecular formula is C14H10F3NO. The number of anilines is 1. The van der Waals surface area contributed by atoms with E-state index in [0.717, 1.165) is 12.1 Å². The largest absolute Gasteiger partial charge is 0.319 e. The third-order valence-corrected chi connectivity index (χ3v) is 2.64. The summed E-state index contributed by atoms with van der Waals surface area (Å²) in [5.41, 5.74) is -0.459. The summed E-state index contributed by atoms with van der Waals surface area (Å²) < 4.78 is 40.3. The second kappa shape index (κ2) is 5.14. The van der Waals surface area contributed by atoms with Gasteiger partial charge in [-0.25, -0.2) is 13.2 Å². The van der Waals surface area contributed by atoms with Gasteiger partial charge < -0.3 is 5.32 Å². The molecule has 0 aromatic heterocycles. The molecule has 2 rings (SSSR count). The molecule has 0 radical (unpaired) electrons. The molecule has 2 nitrogen and oxygen atoms in total. The molecule has 0 bridgehead atoms. The van der Waals surface area contributed by atoms with Gasteiger partial charge in [0.05, 0.1) is 11.3 Å². The minimum atomic E-state index is -1.24. The summed E-state index contributed by atoms with van der Waals surface area (Å²) in [7, 11) is 0. The fraction of sp³-hybridized carbons (Fsp3) is 0.0714. The molecule has 0 spiro atoms. The van der Waals surface area contributed by atoms with Gasteiger partial charge in [-0.3, -0.25) is 4.79 Å². The van der Waals surface area contributed by atoms with Crippen LogP contribution in [0.1, 0.15) is 15.9 Å². The van der Waals surface area contributed by atoms with Crippen LogP contribution in [0, 0.1) is 24.4 Å². The van der Waals surface area contributed by atoms with Gasteiger partial charge in [0, 0.05) is 0 Å². The lowest BCUT2D eigenvalue weighted by Gasteiger charge is -2.08. The summed E-state index contributed by atoms with van der Waals surface area (Å²) in [5, 5.41) is 2.19. The molecular weight excluding hydrogens is 255 g/mol. The van der Waals surface area contributed by atoms with E-state index in [1.165, 1.54) is 31.2 Å². The van der Waals surface area contributed by atoms with Crippen molar-refractivity contribution in [3.8, 4) is 0 Å². The van der Waals surface area contributed by atoms with Gasteiger partial charge in [0.15, 0.2) is 11.6 Å². The zero-order chi connectivity index (χ0) is 14.0. The molecule has 0 saturated heterocycles. The van der Waals surface area contributed by atoms with Crippen molar-refractivity contribution in [2.24, 2.45) is 0 Å². The fourth-order valence-electron chi connectivity index (χ4n) is 1.57. The predicted molar refractivity (Wildman–Crippen MR) is 65.4 cm³/mol. The van der Waals surface area contributed by atoms with Crippen LogP contribution in [-0.2, 0) is 0 Å². The number of halogens is 3. The predicted octanol–water partition coefficient (Wildman–Crippen LogP) is 3.66. The second-order valence-electron chi connectivity index (χ2n) is 3.99. The molecule has 0 atom stereocenters. The highest BCUT2D eigenvalue weighted by Crippen LogP contribution is 2.18. The van der Waals surface area contributed by atoms with Crippen molar-refractivity contribution in [2.75, 3.05) is 5.32 Å². The first-order valence-corrected chi connectivity index (χ1v) is 5.51. The third kappa shape index (κ3) is 2.59. The number of benzene rings is 2. The highest BCUT2D eigenvalue weighted by atomic mass is 19.2. The van der Waals surface area contributed by atoms with E-state index < -0.39 is 28.9 Å².